The summed E-state index contributed by atoms with van der Waals surface area (Å²) in [5.74, 6) is -0.0162. The van der Waals surface area contributed by atoms with E-state index < -0.39 is 16.9 Å². The van der Waals surface area contributed by atoms with Gasteiger partial charge in [0.05, 0.1) is 0 Å². The Morgan fingerprint density at radius 1 is 1.00 bits per heavy atom. The van der Waals surface area contributed by atoms with E-state index in [1.165, 1.54) is 11.1 Å². The highest BCUT2D eigenvalue weighted by Crippen LogP contribution is 2.44. The number of ether oxygens (including phenoxy) is 1. The first-order valence-electron chi connectivity index (χ1n) is 8.85. The molecule has 0 aliphatic heterocycles. The number of fused-ring (bicyclic) bond motifs is 3. The molecule has 2 aromatic carbocycles. The van der Waals surface area contributed by atoms with Crippen LogP contribution in [0.5, 0.6) is 0 Å². The van der Waals surface area contributed by atoms with Gasteiger partial charge in [0, 0.05) is 5.92 Å². The number of benzene rings is 2. The van der Waals surface area contributed by atoms with E-state index in [1.54, 1.807) is 0 Å². The van der Waals surface area contributed by atoms with Crippen LogP contribution in [-0.4, -0.2) is 23.5 Å². The summed E-state index contributed by atoms with van der Waals surface area (Å²) in [5.41, 5.74) is 3.55. The zero-order chi connectivity index (χ0) is 18.7. The first-order valence-corrected chi connectivity index (χ1v) is 9.23. The third-order valence-electron chi connectivity index (χ3n) is 5.27. The molecule has 0 aromatic heterocycles. The molecule has 4 nitrogen and oxygen atoms in total. The molecule has 0 fully saturated rings. The SMILES string of the molecule is CCC(CC)(NC(=O)OCC1c2ccccc2-c2ccccc21)C(=O)Cl. The smallest absolute Gasteiger partial charge is 0.408 e. The summed E-state index contributed by atoms with van der Waals surface area (Å²) >= 11 is 5.70. The molecule has 3 rings (SSSR count). The second kappa shape index (κ2) is 7.50. The van der Waals surface area contributed by atoms with Gasteiger partial charge in [-0.1, -0.05) is 62.4 Å². The fourth-order valence-corrected chi connectivity index (χ4v) is 3.90. The summed E-state index contributed by atoms with van der Waals surface area (Å²) in [7, 11) is 0. The van der Waals surface area contributed by atoms with Gasteiger partial charge < -0.3 is 10.1 Å². The normalized spacial score (nSPS) is 13.0. The number of rotatable bonds is 6. The van der Waals surface area contributed by atoms with Crippen LogP contribution in [0.3, 0.4) is 0 Å². The minimum Gasteiger partial charge on any atom is -0.449 e. The minimum absolute atomic E-state index is 0.0162. The largest absolute Gasteiger partial charge is 0.449 e. The number of nitrogens with one attached hydrogen (secondary N) is 1. The molecular weight excluding hydrogens is 350 g/mol. The maximum absolute atomic E-state index is 12.3. The molecular formula is C21H22ClNO3. The monoisotopic (exact) mass is 371 g/mol. The third kappa shape index (κ3) is 3.21. The number of halogens is 1. The molecule has 5 heteroatoms. The van der Waals surface area contributed by atoms with E-state index in [2.05, 4.69) is 29.6 Å². The Morgan fingerprint density at radius 3 is 1.96 bits per heavy atom. The molecule has 0 bridgehead atoms. The highest BCUT2D eigenvalue weighted by molar-refractivity contribution is 6.65. The molecule has 0 atom stereocenters. The van der Waals surface area contributed by atoms with E-state index >= 15 is 0 Å². The Hall–Kier alpha value is -2.33. The molecule has 0 saturated carbocycles. The van der Waals surface area contributed by atoms with E-state index in [9.17, 15) is 9.59 Å². The van der Waals surface area contributed by atoms with Crippen LogP contribution in [0.15, 0.2) is 48.5 Å². The summed E-state index contributed by atoms with van der Waals surface area (Å²) in [6.07, 6.45) is 0.205. The van der Waals surface area contributed by atoms with Crippen LogP contribution < -0.4 is 5.32 Å². The Labute approximate surface area is 158 Å². The van der Waals surface area contributed by atoms with E-state index in [0.717, 1.165) is 11.1 Å². The van der Waals surface area contributed by atoms with Crippen LogP contribution in [-0.2, 0) is 9.53 Å². The molecule has 0 spiro atoms. The second-order valence-corrected chi connectivity index (χ2v) is 6.86. The van der Waals surface area contributed by atoms with Crippen LogP contribution in [0.4, 0.5) is 4.79 Å². The zero-order valence-corrected chi connectivity index (χ0v) is 15.7. The topological polar surface area (TPSA) is 55.4 Å². The highest BCUT2D eigenvalue weighted by atomic mass is 35.5. The summed E-state index contributed by atoms with van der Waals surface area (Å²) in [6, 6.07) is 16.3. The van der Waals surface area contributed by atoms with Crippen molar-refractivity contribution in [2.75, 3.05) is 6.61 Å². The predicted octanol–water partition coefficient (Wildman–Crippen LogP) is 4.85. The molecule has 136 valence electrons. The van der Waals surface area contributed by atoms with Gasteiger partial charge in [0.25, 0.3) is 0 Å². The molecule has 0 radical (unpaired) electrons. The molecule has 0 unspecified atom stereocenters. The van der Waals surface area contributed by atoms with E-state index in [4.69, 9.17) is 16.3 Å². The average molecular weight is 372 g/mol. The Bertz CT molecular complexity index is 784. The van der Waals surface area contributed by atoms with Gasteiger partial charge in [-0.15, -0.1) is 0 Å². The fraction of sp³-hybridized carbons (Fsp3) is 0.333. The Morgan fingerprint density at radius 2 is 1.50 bits per heavy atom. The van der Waals surface area contributed by atoms with Crippen LogP contribution in [0.25, 0.3) is 11.1 Å². The molecule has 0 saturated heterocycles. The molecule has 1 amide bonds. The average Bonchev–Trinajstić information content (AvgIpc) is 2.98. The molecule has 26 heavy (non-hydrogen) atoms. The molecule has 2 aromatic rings. The van der Waals surface area contributed by atoms with Gasteiger partial charge in [-0.25, -0.2) is 4.79 Å². The summed E-state index contributed by atoms with van der Waals surface area (Å²) < 4.78 is 5.49. The van der Waals surface area contributed by atoms with Crippen molar-refractivity contribution in [1.82, 2.24) is 5.32 Å². The lowest BCUT2D eigenvalue weighted by molar-refractivity contribution is -0.117. The van der Waals surface area contributed by atoms with Crippen molar-refractivity contribution in [3.63, 3.8) is 0 Å². The molecule has 1 aliphatic carbocycles. The number of alkyl carbamates (subject to hydrolysis) is 1. The van der Waals surface area contributed by atoms with Crippen molar-refractivity contribution >= 4 is 22.9 Å². The number of hydrogen-bond acceptors (Lipinski definition) is 3. The lowest BCUT2D eigenvalue weighted by Crippen LogP contribution is -2.52. The van der Waals surface area contributed by atoms with Crippen molar-refractivity contribution in [3.8, 4) is 11.1 Å². The number of hydrogen-bond donors (Lipinski definition) is 1. The zero-order valence-electron chi connectivity index (χ0n) is 14.9. The van der Waals surface area contributed by atoms with Gasteiger partial charge in [0.2, 0.25) is 5.24 Å². The summed E-state index contributed by atoms with van der Waals surface area (Å²) in [5, 5.41) is 2.09. The predicted molar refractivity (Wildman–Crippen MR) is 102 cm³/mol. The van der Waals surface area contributed by atoms with Crippen LogP contribution >= 0.6 is 11.6 Å². The molecule has 0 heterocycles. The standard InChI is InChI=1S/C21H22ClNO3/c1-3-21(4-2,19(22)24)23-20(25)26-13-18-16-11-7-5-9-14(16)15-10-6-8-12-17(15)18/h5-12,18H,3-4,13H2,1-2H3,(H,23,25). The summed E-state index contributed by atoms with van der Waals surface area (Å²) in [6.45, 7) is 3.83. The fourth-order valence-electron chi connectivity index (χ4n) is 3.58. The Balaban J connectivity index is 1.76. The van der Waals surface area contributed by atoms with Gasteiger partial charge in [-0.3, -0.25) is 4.79 Å². The third-order valence-corrected chi connectivity index (χ3v) is 5.63. The van der Waals surface area contributed by atoms with Crippen LogP contribution in [0.1, 0.15) is 43.7 Å². The van der Waals surface area contributed by atoms with Crippen molar-refractivity contribution in [1.29, 1.82) is 0 Å². The number of carbonyl (C=O) groups excluding carboxylic acids is 2. The van der Waals surface area contributed by atoms with Gasteiger partial charge >= 0.3 is 6.09 Å². The van der Waals surface area contributed by atoms with Crippen molar-refractivity contribution in [3.05, 3.63) is 59.7 Å². The lowest BCUT2D eigenvalue weighted by Gasteiger charge is -2.28. The van der Waals surface area contributed by atoms with Gasteiger partial charge in [-0.2, -0.15) is 0 Å². The number of amides is 1. The summed E-state index contributed by atoms with van der Waals surface area (Å²) in [4.78, 5) is 24.1. The first-order chi connectivity index (χ1) is 12.5. The maximum Gasteiger partial charge on any atom is 0.408 e. The van der Waals surface area contributed by atoms with Crippen molar-refractivity contribution in [2.24, 2.45) is 0 Å². The lowest BCUT2D eigenvalue weighted by atomic mass is 9.95. The van der Waals surface area contributed by atoms with E-state index in [1.807, 2.05) is 38.1 Å². The minimum atomic E-state index is -1.08. The van der Waals surface area contributed by atoms with E-state index in [-0.39, 0.29) is 12.5 Å². The second-order valence-electron chi connectivity index (χ2n) is 6.51. The van der Waals surface area contributed by atoms with Crippen molar-refractivity contribution in [2.45, 2.75) is 38.1 Å². The van der Waals surface area contributed by atoms with Gasteiger partial charge in [-0.05, 0) is 46.7 Å². The first kappa shape index (κ1) is 18.5. The number of carbonyl (C=O) groups is 2. The van der Waals surface area contributed by atoms with Crippen LogP contribution in [0, 0.1) is 0 Å². The van der Waals surface area contributed by atoms with Gasteiger partial charge in [0.1, 0.15) is 12.1 Å². The highest BCUT2D eigenvalue weighted by Gasteiger charge is 2.36. The van der Waals surface area contributed by atoms with E-state index in [0.29, 0.717) is 12.8 Å². The maximum atomic E-state index is 12.3. The van der Waals surface area contributed by atoms with Crippen molar-refractivity contribution < 1.29 is 14.3 Å². The molecule has 1 N–H and O–H groups in total. The quantitative estimate of drug-likeness (QED) is 0.738. The van der Waals surface area contributed by atoms with Crippen LogP contribution in [0.2, 0.25) is 0 Å². The molecule has 1 aliphatic rings. The Kier molecular flexibility index (Phi) is 5.33. The van der Waals surface area contributed by atoms with Gasteiger partial charge in [0.15, 0.2) is 0 Å².